The summed E-state index contributed by atoms with van der Waals surface area (Å²) in [6, 6.07) is 18.1. The van der Waals surface area contributed by atoms with Crippen LogP contribution in [0.3, 0.4) is 0 Å². The van der Waals surface area contributed by atoms with Gasteiger partial charge in [0.15, 0.2) is 0 Å². The summed E-state index contributed by atoms with van der Waals surface area (Å²) < 4.78 is 0. The van der Waals surface area contributed by atoms with Crippen LogP contribution in [0.4, 0.5) is 0 Å². The number of nitrogens with one attached hydrogen (secondary N) is 1. The van der Waals surface area contributed by atoms with Gasteiger partial charge in [-0.2, -0.15) is 0 Å². The van der Waals surface area contributed by atoms with Crippen LogP contribution >= 0.6 is 11.3 Å². The minimum absolute atomic E-state index is 0.00468. The zero-order chi connectivity index (χ0) is 16.1. The molecule has 0 aliphatic heterocycles. The molecule has 0 unspecified atom stereocenters. The smallest absolute Gasteiger partial charge is 0.226 e. The van der Waals surface area contributed by atoms with Gasteiger partial charge in [0.25, 0.3) is 0 Å². The number of hydrogen-bond acceptors (Lipinski definition) is 3. The lowest BCUT2D eigenvalue weighted by molar-refractivity contribution is -0.120. The molecule has 3 nitrogen and oxygen atoms in total. The highest BCUT2D eigenvalue weighted by molar-refractivity contribution is 7.13. The van der Waals surface area contributed by atoms with Crippen LogP contribution in [0.15, 0.2) is 60.0 Å². The number of rotatable bonds is 5. The lowest BCUT2D eigenvalue weighted by atomic mass is 10.1. The Bertz CT molecular complexity index is 796. The summed E-state index contributed by atoms with van der Waals surface area (Å²) in [7, 11) is 0. The number of carbonyl (C=O) groups is 1. The summed E-state index contributed by atoms with van der Waals surface area (Å²) in [6.45, 7) is 2.61. The first kappa shape index (κ1) is 15.4. The van der Waals surface area contributed by atoms with Gasteiger partial charge in [-0.1, -0.05) is 54.1 Å². The summed E-state index contributed by atoms with van der Waals surface area (Å²) in [5.74, 6) is -0.00468. The average molecular weight is 322 g/mol. The van der Waals surface area contributed by atoms with Gasteiger partial charge in [0.2, 0.25) is 5.91 Å². The Morgan fingerprint density at radius 3 is 2.74 bits per heavy atom. The quantitative estimate of drug-likeness (QED) is 0.772. The van der Waals surface area contributed by atoms with Gasteiger partial charge in [-0.3, -0.25) is 4.79 Å². The van der Waals surface area contributed by atoms with Gasteiger partial charge in [-0.25, -0.2) is 4.98 Å². The van der Waals surface area contributed by atoms with Crippen molar-refractivity contribution < 1.29 is 4.79 Å². The molecule has 0 fully saturated rings. The SMILES string of the molecule is Cc1cccc(-c2nc(CC(=O)NCc3ccccc3)cs2)c1. The number of amides is 1. The first-order chi connectivity index (χ1) is 11.2. The fourth-order valence-corrected chi connectivity index (χ4v) is 3.14. The van der Waals surface area contributed by atoms with Gasteiger partial charge in [0.05, 0.1) is 12.1 Å². The number of aromatic nitrogens is 1. The molecule has 23 heavy (non-hydrogen) atoms. The van der Waals surface area contributed by atoms with Gasteiger partial charge in [-0.05, 0) is 18.6 Å². The Morgan fingerprint density at radius 2 is 1.96 bits per heavy atom. The zero-order valence-corrected chi connectivity index (χ0v) is 13.8. The van der Waals surface area contributed by atoms with Crippen LogP contribution in [0, 0.1) is 6.92 Å². The van der Waals surface area contributed by atoms with E-state index in [1.165, 1.54) is 5.56 Å². The molecular formula is C19H18N2OS. The molecule has 2 aromatic carbocycles. The Labute approximate surface area is 140 Å². The fourth-order valence-electron chi connectivity index (χ4n) is 2.32. The largest absolute Gasteiger partial charge is 0.352 e. The molecule has 1 N–H and O–H groups in total. The second-order valence-corrected chi connectivity index (χ2v) is 6.31. The Hall–Kier alpha value is -2.46. The minimum Gasteiger partial charge on any atom is -0.352 e. The number of nitrogens with zero attached hydrogens (tertiary/aromatic N) is 1. The molecule has 0 atom stereocenters. The Kier molecular flexibility index (Phi) is 4.83. The van der Waals surface area contributed by atoms with Crippen molar-refractivity contribution in [1.82, 2.24) is 10.3 Å². The molecule has 3 aromatic rings. The van der Waals surface area contributed by atoms with Crippen LogP contribution in [0.25, 0.3) is 10.6 Å². The van der Waals surface area contributed by atoms with E-state index in [-0.39, 0.29) is 5.91 Å². The molecule has 0 spiro atoms. The molecule has 0 radical (unpaired) electrons. The highest BCUT2D eigenvalue weighted by atomic mass is 32.1. The fraction of sp³-hybridized carbons (Fsp3) is 0.158. The van der Waals surface area contributed by atoms with Crippen molar-refractivity contribution in [2.24, 2.45) is 0 Å². The highest BCUT2D eigenvalue weighted by Gasteiger charge is 2.09. The van der Waals surface area contributed by atoms with Crippen LogP contribution in [0.2, 0.25) is 0 Å². The topological polar surface area (TPSA) is 42.0 Å². The molecule has 4 heteroatoms. The van der Waals surface area contributed by atoms with Gasteiger partial charge >= 0.3 is 0 Å². The van der Waals surface area contributed by atoms with Crippen LogP contribution < -0.4 is 5.32 Å². The second-order valence-electron chi connectivity index (χ2n) is 5.45. The molecule has 1 amide bonds. The van der Waals surface area contributed by atoms with E-state index in [0.29, 0.717) is 13.0 Å². The summed E-state index contributed by atoms with van der Waals surface area (Å²) in [6.07, 6.45) is 0.315. The third kappa shape index (κ3) is 4.27. The van der Waals surface area contributed by atoms with Crippen molar-refractivity contribution in [3.63, 3.8) is 0 Å². The van der Waals surface area contributed by atoms with Gasteiger partial charge in [0, 0.05) is 17.5 Å². The first-order valence-corrected chi connectivity index (χ1v) is 8.41. The van der Waals surface area contributed by atoms with Gasteiger partial charge in [0.1, 0.15) is 5.01 Å². The molecule has 116 valence electrons. The van der Waals surface area contributed by atoms with Gasteiger partial charge in [-0.15, -0.1) is 11.3 Å². The maximum atomic E-state index is 12.0. The maximum Gasteiger partial charge on any atom is 0.226 e. The lowest BCUT2D eigenvalue weighted by Crippen LogP contribution is -2.24. The molecule has 1 aromatic heterocycles. The number of hydrogen-bond donors (Lipinski definition) is 1. The number of carbonyl (C=O) groups excluding carboxylic acids is 1. The van der Waals surface area contributed by atoms with E-state index < -0.39 is 0 Å². The van der Waals surface area contributed by atoms with Crippen LogP contribution in [0.5, 0.6) is 0 Å². The Balaban J connectivity index is 1.59. The van der Waals surface area contributed by atoms with Crippen LogP contribution in [0.1, 0.15) is 16.8 Å². The molecule has 1 heterocycles. The van der Waals surface area contributed by atoms with Crippen molar-refractivity contribution in [2.75, 3.05) is 0 Å². The molecule has 0 aliphatic carbocycles. The van der Waals surface area contributed by atoms with Crippen molar-refractivity contribution in [3.05, 3.63) is 76.8 Å². The maximum absolute atomic E-state index is 12.0. The third-order valence-corrected chi connectivity index (χ3v) is 4.43. The van der Waals surface area contributed by atoms with E-state index in [1.54, 1.807) is 11.3 Å². The molecular weight excluding hydrogens is 304 g/mol. The van der Waals surface area contributed by atoms with Gasteiger partial charge < -0.3 is 5.32 Å². The van der Waals surface area contributed by atoms with Crippen molar-refractivity contribution in [2.45, 2.75) is 19.9 Å². The van der Waals surface area contributed by atoms with E-state index in [0.717, 1.165) is 21.8 Å². The normalized spacial score (nSPS) is 10.5. The summed E-state index contributed by atoms with van der Waals surface area (Å²) in [4.78, 5) is 16.6. The molecule has 0 saturated heterocycles. The number of thiazole rings is 1. The molecule has 0 saturated carbocycles. The molecule has 0 bridgehead atoms. The minimum atomic E-state index is -0.00468. The van der Waals surface area contributed by atoms with E-state index >= 15 is 0 Å². The standard InChI is InChI=1S/C19H18N2OS/c1-14-6-5-9-16(10-14)19-21-17(13-23-19)11-18(22)20-12-15-7-3-2-4-8-15/h2-10,13H,11-12H2,1H3,(H,20,22). The van der Waals surface area contributed by atoms with Crippen molar-refractivity contribution in [1.29, 1.82) is 0 Å². The van der Waals surface area contributed by atoms with E-state index in [9.17, 15) is 4.79 Å². The molecule has 0 aliphatic rings. The first-order valence-electron chi connectivity index (χ1n) is 7.53. The summed E-state index contributed by atoms with van der Waals surface area (Å²) in [5, 5.41) is 5.85. The third-order valence-electron chi connectivity index (χ3n) is 3.49. The van der Waals surface area contributed by atoms with Crippen molar-refractivity contribution >= 4 is 17.2 Å². The summed E-state index contributed by atoms with van der Waals surface area (Å²) >= 11 is 1.58. The van der Waals surface area contributed by atoms with E-state index in [2.05, 4.69) is 29.4 Å². The number of aryl methyl sites for hydroxylation is 1. The lowest BCUT2D eigenvalue weighted by Gasteiger charge is -2.04. The average Bonchev–Trinajstić information content (AvgIpc) is 3.02. The zero-order valence-electron chi connectivity index (χ0n) is 13.0. The molecule has 3 rings (SSSR count). The Morgan fingerprint density at radius 1 is 1.13 bits per heavy atom. The van der Waals surface area contributed by atoms with Crippen molar-refractivity contribution in [3.8, 4) is 10.6 Å². The van der Waals surface area contributed by atoms with Crippen LogP contribution in [-0.2, 0) is 17.8 Å². The predicted octanol–water partition coefficient (Wildman–Crippen LogP) is 3.98. The predicted molar refractivity (Wildman–Crippen MR) is 94.3 cm³/mol. The monoisotopic (exact) mass is 322 g/mol. The van der Waals surface area contributed by atoms with Crippen LogP contribution in [-0.4, -0.2) is 10.9 Å². The number of benzene rings is 2. The van der Waals surface area contributed by atoms with E-state index in [4.69, 9.17) is 0 Å². The second kappa shape index (κ2) is 7.20. The summed E-state index contributed by atoms with van der Waals surface area (Å²) in [5.41, 5.74) is 4.22. The van der Waals surface area contributed by atoms with E-state index in [1.807, 2.05) is 47.8 Å². The highest BCUT2D eigenvalue weighted by Crippen LogP contribution is 2.24.